The summed E-state index contributed by atoms with van der Waals surface area (Å²) in [6, 6.07) is 10.1. The molecule has 0 saturated carbocycles. The molecular weight excluding hydrogens is 374 g/mol. The largest absolute Gasteiger partial charge is 0.496 e. The minimum atomic E-state index is -0.00324. The van der Waals surface area contributed by atoms with Gasteiger partial charge in [-0.1, -0.05) is 18.2 Å². The van der Waals surface area contributed by atoms with Crippen LogP contribution in [0.2, 0.25) is 0 Å². The molecule has 0 saturated heterocycles. The van der Waals surface area contributed by atoms with Crippen LogP contribution >= 0.6 is 11.3 Å². The van der Waals surface area contributed by atoms with Crippen LogP contribution in [0, 0.1) is 0 Å². The van der Waals surface area contributed by atoms with Crippen LogP contribution in [0.5, 0.6) is 5.75 Å². The van der Waals surface area contributed by atoms with Gasteiger partial charge >= 0.3 is 0 Å². The molecule has 2 aromatic heterocycles. The average Bonchev–Trinajstić information content (AvgIpc) is 3.36. The van der Waals surface area contributed by atoms with Gasteiger partial charge in [-0.2, -0.15) is 11.3 Å². The lowest BCUT2D eigenvalue weighted by molar-refractivity contribution is -0.121. The van der Waals surface area contributed by atoms with E-state index in [1.165, 1.54) is 5.56 Å². The Morgan fingerprint density at radius 3 is 2.71 bits per heavy atom. The lowest BCUT2D eigenvalue weighted by Gasteiger charge is -2.12. The highest BCUT2D eigenvalue weighted by molar-refractivity contribution is 7.07. The number of hydrogen-bond donors (Lipinski definition) is 1. The molecule has 7 heteroatoms. The summed E-state index contributed by atoms with van der Waals surface area (Å²) in [7, 11) is 1.66. The lowest BCUT2D eigenvalue weighted by atomic mass is 10.1. The van der Waals surface area contributed by atoms with Crippen molar-refractivity contribution in [3.05, 3.63) is 64.0 Å². The normalized spacial score (nSPS) is 11.9. The predicted octanol–water partition coefficient (Wildman–Crippen LogP) is 3.60. The van der Waals surface area contributed by atoms with Crippen molar-refractivity contribution in [3.8, 4) is 5.75 Å². The van der Waals surface area contributed by atoms with Crippen LogP contribution in [0.15, 0.2) is 45.5 Å². The highest BCUT2D eigenvalue weighted by Crippen LogP contribution is 2.19. The van der Waals surface area contributed by atoms with Crippen LogP contribution < -0.4 is 10.1 Å². The molecule has 148 valence electrons. The SMILES string of the molecule is COc1ccccc1CCc1nnc(CCC(=O)N[C@H](C)Cc2ccsc2)o1. The van der Waals surface area contributed by atoms with Crippen molar-refractivity contribution in [2.75, 3.05) is 7.11 Å². The number of rotatable bonds is 10. The van der Waals surface area contributed by atoms with Crippen molar-refractivity contribution in [2.45, 2.75) is 45.1 Å². The lowest BCUT2D eigenvalue weighted by Crippen LogP contribution is -2.34. The van der Waals surface area contributed by atoms with Gasteiger partial charge in [0.05, 0.1) is 7.11 Å². The minimum Gasteiger partial charge on any atom is -0.496 e. The first-order valence-corrected chi connectivity index (χ1v) is 10.3. The summed E-state index contributed by atoms with van der Waals surface area (Å²) in [5.74, 6) is 1.93. The molecule has 1 amide bonds. The molecule has 28 heavy (non-hydrogen) atoms. The molecule has 1 aromatic carbocycles. The van der Waals surface area contributed by atoms with Crippen molar-refractivity contribution in [3.63, 3.8) is 0 Å². The van der Waals surface area contributed by atoms with E-state index in [2.05, 4.69) is 27.0 Å². The van der Waals surface area contributed by atoms with E-state index in [9.17, 15) is 4.79 Å². The predicted molar refractivity (Wildman–Crippen MR) is 109 cm³/mol. The summed E-state index contributed by atoms with van der Waals surface area (Å²) in [5, 5.41) is 15.3. The number of amides is 1. The van der Waals surface area contributed by atoms with E-state index in [-0.39, 0.29) is 11.9 Å². The van der Waals surface area contributed by atoms with Crippen LogP contribution in [0.4, 0.5) is 0 Å². The van der Waals surface area contributed by atoms with Crippen LogP contribution in [-0.4, -0.2) is 29.3 Å². The second-order valence-corrected chi connectivity index (χ2v) is 7.49. The number of nitrogens with one attached hydrogen (secondary N) is 1. The van der Waals surface area contributed by atoms with E-state index >= 15 is 0 Å². The molecular formula is C21H25N3O3S. The second-order valence-electron chi connectivity index (χ2n) is 6.71. The van der Waals surface area contributed by atoms with Gasteiger partial charge in [0.25, 0.3) is 0 Å². The number of thiophene rings is 1. The van der Waals surface area contributed by atoms with Gasteiger partial charge < -0.3 is 14.5 Å². The molecule has 6 nitrogen and oxygen atoms in total. The fourth-order valence-corrected chi connectivity index (χ4v) is 3.70. The van der Waals surface area contributed by atoms with Crippen molar-refractivity contribution < 1.29 is 13.9 Å². The number of nitrogens with zero attached hydrogens (tertiary/aromatic N) is 2. The van der Waals surface area contributed by atoms with Crippen molar-refractivity contribution in [1.82, 2.24) is 15.5 Å². The van der Waals surface area contributed by atoms with Gasteiger partial charge in [-0.25, -0.2) is 0 Å². The number of para-hydroxylation sites is 1. The Labute approximate surface area is 168 Å². The highest BCUT2D eigenvalue weighted by atomic mass is 32.1. The Hall–Kier alpha value is -2.67. The molecule has 0 fully saturated rings. The fraction of sp³-hybridized carbons (Fsp3) is 0.381. The third-order valence-electron chi connectivity index (χ3n) is 4.40. The van der Waals surface area contributed by atoms with E-state index in [0.717, 1.165) is 24.2 Å². The number of carbonyl (C=O) groups excluding carboxylic acids is 1. The van der Waals surface area contributed by atoms with E-state index in [1.54, 1.807) is 18.4 Å². The third-order valence-corrected chi connectivity index (χ3v) is 5.14. The molecule has 0 aliphatic heterocycles. The van der Waals surface area contributed by atoms with Gasteiger partial charge in [-0.3, -0.25) is 4.79 Å². The molecule has 3 rings (SSSR count). The standard InChI is InChI=1S/C21H25N3O3S/c1-15(13-16-11-12-28-14-16)22-19(25)8-10-21-24-23-20(27-21)9-7-17-5-3-4-6-18(17)26-2/h3-6,11-12,14-15H,7-10,13H2,1-2H3,(H,22,25)/t15-/m1/s1. The molecule has 0 bridgehead atoms. The monoisotopic (exact) mass is 399 g/mol. The van der Waals surface area contributed by atoms with Gasteiger partial charge in [0.1, 0.15) is 5.75 Å². The summed E-state index contributed by atoms with van der Waals surface area (Å²) >= 11 is 1.67. The number of methoxy groups -OCH3 is 1. The number of hydrogen-bond acceptors (Lipinski definition) is 6. The first-order chi connectivity index (χ1) is 13.6. The van der Waals surface area contributed by atoms with Crippen LogP contribution in [0.25, 0.3) is 0 Å². The average molecular weight is 400 g/mol. The Morgan fingerprint density at radius 1 is 1.18 bits per heavy atom. The zero-order chi connectivity index (χ0) is 19.8. The molecule has 3 aromatic rings. The second kappa shape index (κ2) is 10.0. The highest BCUT2D eigenvalue weighted by Gasteiger charge is 2.12. The van der Waals surface area contributed by atoms with Crippen LogP contribution in [0.1, 0.15) is 36.3 Å². The molecule has 1 atom stereocenters. The van der Waals surface area contributed by atoms with E-state index < -0.39 is 0 Å². The maximum Gasteiger partial charge on any atom is 0.220 e. The Morgan fingerprint density at radius 2 is 1.96 bits per heavy atom. The smallest absolute Gasteiger partial charge is 0.220 e. The zero-order valence-electron chi connectivity index (χ0n) is 16.2. The van der Waals surface area contributed by atoms with Gasteiger partial charge in [0.15, 0.2) is 0 Å². The Kier molecular flexibility index (Phi) is 7.19. The van der Waals surface area contributed by atoms with Gasteiger partial charge in [0.2, 0.25) is 17.7 Å². The number of aromatic nitrogens is 2. The van der Waals surface area contributed by atoms with Crippen LogP contribution in [-0.2, 0) is 30.5 Å². The van der Waals surface area contributed by atoms with E-state index in [0.29, 0.717) is 31.0 Å². The summed E-state index contributed by atoms with van der Waals surface area (Å²) in [5.41, 5.74) is 2.35. The molecule has 0 spiro atoms. The molecule has 1 N–H and O–H groups in total. The Bertz CT molecular complexity index is 877. The first-order valence-electron chi connectivity index (χ1n) is 9.37. The van der Waals surface area contributed by atoms with E-state index in [1.807, 2.05) is 36.6 Å². The van der Waals surface area contributed by atoms with Crippen molar-refractivity contribution >= 4 is 17.2 Å². The molecule has 0 aliphatic rings. The summed E-state index contributed by atoms with van der Waals surface area (Å²) in [4.78, 5) is 12.1. The van der Waals surface area contributed by atoms with Crippen molar-refractivity contribution in [2.24, 2.45) is 0 Å². The van der Waals surface area contributed by atoms with Gasteiger partial charge in [-0.15, -0.1) is 10.2 Å². The van der Waals surface area contributed by atoms with Crippen molar-refractivity contribution in [1.29, 1.82) is 0 Å². The van der Waals surface area contributed by atoms with E-state index in [4.69, 9.17) is 9.15 Å². The topological polar surface area (TPSA) is 77.2 Å². The Balaban J connectivity index is 1.42. The molecule has 2 heterocycles. The van der Waals surface area contributed by atoms with Crippen LogP contribution in [0.3, 0.4) is 0 Å². The minimum absolute atomic E-state index is 0.00324. The number of carbonyl (C=O) groups is 1. The maximum atomic E-state index is 12.1. The molecule has 0 radical (unpaired) electrons. The fourth-order valence-electron chi connectivity index (χ4n) is 3.02. The zero-order valence-corrected chi connectivity index (χ0v) is 17.0. The number of benzene rings is 1. The quantitative estimate of drug-likeness (QED) is 0.564. The summed E-state index contributed by atoms with van der Waals surface area (Å²) < 4.78 is 11.0. The molecule has 0 aliphatic carbocycles. The molecule has 0 unspecified atom stereocenters. The summed E-state index contributed by atoms with van der Waals surface area (Å²) in [6.45, 7) is 2.01. The van der Waals surface area contributed by atoms with Gasteiger partial charge in [-0.05, 0) is 53.8 Å². The number of aryl methyl sites for hydroxylation is 3. The van der Waals surface area contributed by atoms with Gasteiger partial charge in [0, 0.05) is 25.3 Å². The summed E-state index contributed by atoms with van der Waals surface area (Å²) in [6.07, 6.45) is 3.01. The number of ether oxygens (including phenoxy) is 1. The maximum absolute atomic E-state index is 12.1. The first kappa shape index (κ1) is 20.1. The third kappa shape index (κ3) is 5.92.